The van der Waals surface area contributed by atoms with Crippen LogP contribution in [-0.4, -0.2) is 41.2 Å². The number of hydrogen-bond acceptors (Lipinski definition) is 5. The van der Waals surface area contributed by atoms with Crippen LogP contribution in [0, 0.1) is 0 Å². The monoisotopic (exact) mass is 250 g/mol. The van der Waals surface area contributed by atoms with Gasteiger partial charge in [-0.25, -0.2) is 9.97 Å². The average molecular weight is 250 g/mol. The molecule has 0 bridgehead atoms. The first-order chi connectivity index (χ1) is 8.54. The normalized spacial score (nSPS) is 24.4. The SMILES string of the molecule is CC1CN(c2cc(OC(C)C)ncn2)CC(C)N1. The van der Waals surface area contributed by atoms with Crippen molar-refractivity contribution in [3.8, 4) is 5.88 Å². The van der Waals surface area contributed by atoms with Crippen molar-refractivity contribution in [3.63, 3.8) is 0 Å². The molecule has 0 aromatic carbocycles. The van der Waals surface area contributed by atoms with Crippen molar-refractivity contribution < 1.29 is 4.74 Å². The van der Waals surface area contributed by atoms with Crippen LogP contribution < -0.4 is 15.0 Å². The van der Waals surface area contributed by atoms with Crippen molar-refractivity contribution in [2.45, 2.75) is 45.9 Å². The molecule has 1 fully saturated rings. The molecular formula is C13H22N4O. The Morgan fingerprint density at radius 3 is 2.56 bits per heavy atom. The minimum absolute atomic E-state index is 0.133. The van der Waals surface area contributed by atoms with Crippen LogP contribution in [0.1, 0.15) is 27.7 Å². The van der Waals surface area contributed by atoms with E-state index in [1.807, 2.05) is 19.9 Å². The summed E-state index contributed by atoms with van der Waals surface area (Å²) in [6.07, 6.45) is 1.71. The van der Waals surface area contributed by atoms with Gasteiger partial charge in [0, 0.05) is 31.2 Å². The second-order valence-electron chi connectivity index (χ2n) is 5.25. The quantitative estimate of drug-likeness (QED) is 0.880. The van der Waals surface area contributed by atoms with E-state index in [0.717, 1.165) is 18.9 Å². The number of piperazine rings is 1. The lowest BCUT2D eigenvalue weighted by atomic mass is 10.1. The maximum atomic E-state index is 5.61. The molecule has 1 aromatic heterocycles. The third-order valence-corrected chi connectivity index (χ3v) is 2.87. The molecule has 2 unspecified atom stereocenters. The molecule has 1 aliphatic rings. The molecule has 1 N–H and O–H groups in total. The highest BCUT2D eigenvalue weighted by atomic mass is 16.5. The number of nitrogens with zero attached hydrogens (tertiary/aromatic N) is 3. The molecule has 2 heterocycles. The van der Waals surface area contributed by atoms with Crippen molar-refractivity contribution in [1.82, 2.24) is 15.3 Å². The summed E-state index contributed by atoms with van der Waals surface area (Å²) < 4.78 is 5.61. The average Bonchev–Trinajstić information content (AvgIpc) is 2.27. The molecule has 2 rings (SSSR count). The van der Waals surface area contributed by atoms with Crippen molar-refractivity contribution in [3.05, 3.63) is 12.4 Å². The highest BCUT2D eigenvalue weighted by Crippen LogP contribution is 2.19. The Hall–Kier alpha value is -1.36. The summed E-state index contributed by atoms with van der Waals surface area (Å²) in [6.45, 7) is 10.3. The zero-order valence-electron chi connectivity index (χ0n) is 11.6. The minimum Gasteiger partial charge on any atom is -0.475 e. The van der Waals surface area contributed by atoms with E-state index in [1.165, 1.54) is 0 Å². The Labute approximate surface area is 109 Å². The second-order valence-corrected chi connectivity index (χ2v) is 5.25. The summed E-state index contributed by atoms with van der Waals surface area (Å²) in [7, 11) is 0. The van der Waals surface area contributed by atoms with Crippen molar-refractivity contribution >= 4 is 5.82 Å². The Bertz CT molecular complexity index is 386. The standard InChI is InChI=1S/C13H22N4O/c1-9(2)18-13-5-12(14-8-15-13)17-6-10(3)16-11(4)7-17/h5,8-11,16H,6-7H2,1-4H3. The summed E-state index contributed by atoms with van der Waals surface area (Å²) >= 11 is 0. The van der Waals surface area contributed by atoms with Crippen LogP contribution in [0.2, 0.25) is 0 Å². The largest absolute Gasteiger partial charge is 0.475 e. The van der Waals surface area contributed by atoms with Crippen molar-refractivity contribution in [2.24, 2.45) is 0 Å². The molecule has 0 saturated carbocycles. The van der Waals surface area contributed by atoms with Gasteiger partial charge in [0.2, 0.25) is 5.88 Å². The summed E-state index contributed by atoms with van der Waals surface area (Å²) in [5, 5.41) is 3.51. The molecule has 5 heteroatoms. The fourth-order valence-corrected chi connectivity index (χ4v) is 2.32. The number of aromatic nitrogens is 2. The molecule has 2 atom stereocenters. The number of nitrogens with one attached hydrogen (secondary N) is 1. The van der Waals surface area contributed by atoms with Crippen molar-refractivity contribution in [2.75, 3.05) is 18.0 Å². The predicted octanol–water partition coefficient (Wildman–Crippen LogP) is 1.45. The van der Waals surface area contributed by atoms with Gasteiger partial charge in [-0.1, -0.05) is 0 Å². The van der Waals surface area contributed by atoms with Gasteiger partial charge in [0.1, 0.15) is 12.1 Å². The molecule has 100 valence electrons. The topological polar surface area (TPSA) is 50.3 Å². The molecular weight excluding hydrogens is 228 g/mol. The number of ether oxygens (including phenoxy) is 1. The lowest BCUT2D eigenvalue weighted by molar-refractivity contribution is 0.232. The molecule has 0 spiro atoms. The van der Waals surface area contributed by atoms with E-state index in [1.54, 1.807) is 6.33 Å². The highest BCUT2D eigenvalue weighted by molar-refractivity contribution is 5.42. The first kappa shape index (κ1) is 13.1. The minimum atomic E-state index is 0.133. The van der Waals surface area contributed by atoms with Gasteiger partial charge >= 0.3 is 0 Å². The van der Waals surface area contributed by atoms with Gasteiger partial charge in [0.15, 0.2) is 0 Å². The van der Waals surface area contributed by atoms with Crippen molar-refractivity contribution in [1.29, 1.82) is 0 Å². The molecule has 0 radical (unpaired) electrons. The Kier molecular flexibility index (Phi) is 4.01. The van der Waals surface area contributed by atoms with Gasteiger partial charge in [-0.15, -0.1) is 0 Å². The summed E-state index contributed by atoms with van der Waals surface area (Å²) in [5.41, 5.74) is 0. The van der Waals surface area contributed by atoms with Crippen LogP contribution in [0.3, 0.4) is 0 Å². The van der Waals surface area contributed by atoms with E-state index in [9.17, 15) is 0 Å². The van der Waals surface area contributed by atoms with Gasteiger partial charge in [-0.05, 0) is 27.7 Å². The third kappa shape index (κ3) is 3.32. The van der Waals surface area contributed by atoms with E-state index < -0.39 is 0 Å². The zero-order valence-corrected chi connectivity index (χ0v) is 11.6. The van der Waals surface area contributed by atoms with E-state index in [-0.39, 0.29) is 6.10 Å². The predicted molar refractivity (Wildman–Crippen MR) is 72.1 cm³/mol. The third-order valence-electron chi connectivity index (χ3n) is 2.87. The Morgan fingerprint density at radius 2 is 1.94 bits per heavy atom. The van der Waals surface area contributed by atoms with Crippen LogP contribution in [0.4, 0.5) is 5.82 Å². The smallest absolute Gasteiger partial charge is 0.218 e. The van der Waals surface area contributed by atoms with Crippen LogP contribution in [0.25, 0.3) is 0 Å². The van der Waals surface area contributed by atoms with Gasteiger partial charge in [-0.2, -0.15) is 0 Å². The number of anilines is 1. The second kappa shape index (κ2) is 5.52. The molecule has 0 amide bonds. The first-order valence-electron chi connectivity index (χ1n) is 6.54. The first-order valence-corrected chi connectivity index (χ1v) is 6.54. The van der Waals surface area contributed by atoms with Crippen LogP contribution in [-0.2, 0) is 0 Å². The van der Waals surface area contributed by atoms with Crippen LogP contribution >= 0.6 is 0 Å². The maximum absolute atomic E-state index is 5.61. The Morgan fingerprint density at radius 1 is 1.28 bits per heavy atom. The lowest BCUT2D eigenvalue weighted by Crippen LogP contribution is -2.54. The van der Waals surface area contributed by atoms with E-state index >= 15 is 0 Å². The van der Waals surface area contributed by atoms with Gasteiger partial charge < -0.3 is 15.0 Å². The molecule has 18 heavy (non-hydrogen) atoms. The fourth-order valence-electron chi connectivity index (χ4n) is 2.32. The molecule has 0 aliphatic carbocycles. The molecule has 1 aromatic rings. The van der Waals surface area contributed by atoms with E-state index in [0.29, 0.717) is 18.0 Å². The summed E-state index contributed by atoms with van der Waals surface area (Å²) in [5.74, 6) is 1.59. The van der Waals surface area contributed by atoms with Crippen LogP contribution in [0.15, 0.2) is 12.4 Å². The summed E-state index contributed by atoms with van der Waals surface area (Å²) in [6, 6.07) is 2.86. The highest BCUT2D eigenvalue weighted by Gasteiger charge is 2.22. The molecule has 1 aliphatic heterocycles. The number of hydrogen-bond donors (Lipinski definition) is 1. The number of rotatable bonds is 3. The van der Waals surface area contributed by atoms with Crippen LogP contribution in [0.5, 0.6) is 5.88 Å². The Balaban J connectivity index is 2.12. The zero-order chi connectivity index (χ0) is 13.1. The van der Waals surface area contributed by atoms with E-state index in [2.05, 4.69) is 34.0 Å². The molecule has 5 nitrogen and oxygen atoms in total. The molecule has 1 saturated heterocycles. The van der Waals surface area contributed by atoms with Gasteiger partial charge in [0.25, 0.3) is 0 Å². The summed E-state index contributed by atoms with van der Waals surface area (Å²) in [4.78, 5) is 10.8. The van der Waals surface area contributed by atoms with Gasteiger partial charge in [0.05, 0.1) is 6.10 Å². The van der Waals surface area contributed by atoms with Gasteiger partial charge in [-0.3, -0.25) is 0 Å². The maximum Gasteiger partial charge on any atom is 0.218 e. The fraction of sp³-hybridized carbons (Fsp3) is 0.692. The lowest BCUT2D eigenvalue weighted by Gasteiger charge is -2.36. The van der Waals surface area contributed by atoms with E-state index in [4.69, 9.17) is 4.74 Å².